The summed E-state index contributed by atoms with van der Waals surface area (Å²) in [5.74, 6) is -0.882. The summed E-state index contributed by atoms with van der Waals surface area (Å²) >= 11 is 0. The van der Waals surface area contributed by atoms with Crippen LogP contribution in [-0.2, 0) is 14.3 Å². The van der Waals surface area contributed by atoms with E-state index in [1.807, 2.05) is 0 Å². The van der Waals surface area contributed by atoms with Crippen LogP contribution in [-0.4, -0.2) is 55.0 Å². The van der Waals surface area contributed by atoms with Crippen LogP contribution in [0.15, 0.2) is 0 Å². The lowest BCUT2D eigenvalue weighted by Gasteiger charge is -2.30. The molecule has 84 valence electrons. The summed E-state index contributed by atoms with van der Waals surface area (Å²) < 4.78 is 4.82. The number of carbonyl (C=O) groups is 3. The van der Waals surface area contributed by atoms with E-state index in [0.29, 0.717) is 19.6 Å². The summed E-state index contributed by atoms with van der Waals surface area (Å²) in [6.45, 7) is 0.776. The molecule has 1 saturated heterocycles. The van der Waals surface area contributed by atoms with E-state index in [2.05, 4.69) is 0 Å². The van der Waals surface area contributed by atoms with Crippen LogP contribution in [0.25, 0.3) is 0 Å². The Labute approximate surface area is 87.8 Å². The minimum Gasteiger partial charge on any atom is -0.385 e. The van der Waals surface area contributed by atoms with Gasteiger partial charge in [0.15, 0.2) is 0 Å². The van der Waals surface area contributed by atoms with Gasteiger partial charge in [-0.3, -0.25) is 19.4 Å². The molecule has 0 spiro atoms. The molecule has 0 saturated carbocycles. The molecule has 6 nitrogen and oxygen atoms in total. The third-order valence-corrected chi connectivity index (χ3v) is 2.23. The van der Waals surface area contributed by atoms with Gasteiger partial charge in [0.1, 0.15) is 6.42 Å². The number of carbonyl (C=O) groups excluding carboxylic acids is 3. The Morgan fingerprint density at radius 3 is 2.53 bits per heavy atom. The summed E-state index contributed by atoms with van der Waals surface area (Å²) in [5.41, 5.74) is 0. The Morgan fingerprint density at radius 2 is 1.93 bits per heavy atom. The van der Waals surface area contributed by atoms with Crippen molar-refractivity contribution >= 4 is 17.8 Å². The van der Waals surface area contributed by atoms with Crippen LogP contribution >= 0.6 is 0 Å². The summed E-state index contributed by atoms with van der Waals surface area (Å²) in [4.78, 5) is 36.1. The minimum atomic E-state index is -0.549. The van der Waals surface area contributed by atoms with Crippen LogP contribution in [0.2, 0.25) is 0 Å². The Kier molecular flexibility index (Phi) is 3.79. The summed E-state index contributed by atoms with van der Waals surface area (Å²) in [6, 6.07) is -0.549. The standard InChI is InChI=1S/C9H14N2O4/c1-10-7(12)6-8(13)11(9(10)14)4-3-5-15-2/h3-6H2,1-2H3. The fourth-order valence-electron chi connectivity index (χ4n) is 1.33. The van der Waals surface area contributed by atoms with Gasteiger partial charge in [-0.25, -0.2) is 4.79 Å². The van der Waals surface area contributed by atoms with Crippen molar-refractivity contribution in [2.45, 2.75) is 12.8 Å². The first kappa shape index (κ1) is 11.6. The predicted octanol–water partition coefficient (Wildman–Crippen LogP) is -0.166. The van der Waals surface area contributed by atoms with Crippen molar-refractivity contribution < 1.29 is 19.1 Å². The molecule has 1 rings (SSSR count). The van der Waals surface area contributed by atoms with E-state index >= 15 is 0 Å². The molecule has 0 aliphatic carbocycles. The molecule has 0 aromatic heterocycles. The van der Waals surface area contributed by atoms with Crippen LogP contribution in [0.5, 0.6) is 0 Å². The average Bonchev–Trinajstić information content (AvgIpc) is 2.20. The molecular formula is C9H14N2O4. The van der Waals surface area contributed by atoms with Crippen LogP contribution < -0.4 is 0 Å². The maximum Gasteiger partial charge on any atom is 0.333 e. The molecule has 0 bridgehead atoms. The van der Waals surface area contributed by atoms with Gasteiger partial charge in [0.2, 0.25) is 11.8 Å². The second-order valence-corrected chi connectivity index (χ2v) is 3.30. The van der Waals surface area contributed by atoms with E-state index in [4.69, 9.17) is 4.74 Å². The van der Waals surface area contributed by atoms with Gasteiger partial charge in [-0.2, -0.15) is 0 Å². The van der Waals surface area contributed by atoms with Crippen molar-refractivity contribution in [2.75, 3.05) is 27.3 Å². The van der Waals surface area contributed by atoms with Gasteiger partial charge >= 0.3 is 6.03 Å². The fourth-order valence-corrected chi connectivity index (χ4v) is 1.33. The lowest BCUT2D eigenvalue weighted by atomic mass is 10.2. The average molecular weight is 214 g/mol. The number of hydrogen-bond acceptors (Lipinski definition) is 4. The molecule has 1 heterocycles. The van der Waals surface area contributed by atoms with Crippen molar-refractivity contribution in [1.29, 1.82) is 0 Å². The molecule has 0 N–H and O–H groups in total. The summed E-state index contributed by atoms with van der Waals surface area (Å²) in [7, 11) is 2.93. The summed E-state index contributed by atoms with van der Waals surface area (Å²) in [5, 5.41) is 0. The first-order valence-corrected chi connectivity index (χ1v) is 4.67. The molecule has 4 amide bonds. The molecule has 0 atom stereocenters. The number of nitrogens with zero attached hydrogens (tertiary/aromatic N) is 2. The predicted molar refractivity (Wildman–Crippen MR) is 51.0 cm³/mol. The van der Waals surface area contributed by atoms with Gasteiger partial charge in [-0.05, 0) is 6.42 Å². The number of ether oxygens (including phenoxy) is 1. The number of hydrogen-bond donors (Lipinski definition) is 0. The smallest absolute Gasteiger partial charge is 0.333 e. The molecule has 0 aromatic rings. The third-order valence-electron chi connectivity index (χ3n) is 2.23. The minimum absolute atomic E-state index is 0.227. The van der Waals surface area contributed by atoms with Gasteiger partial charge in [-0.1, -0.05) is 0 Å². The van der Waals surface area contributed by atoms with Gasteiger partial charge in [0.05, 0.1) is 0 Å². The van der Waals surface area contributed by atoms with Crippen LogP contribution in [0.3, 0.4) is 0 Å². The van der Waals surface area contributed by atoms with Crippen LogP contribution in [0.4, 0.5) is 4.79 Å². The first-order valence-electron chi connectivity index (χ1n) is 4.67. The highest BCUT2D eigenvalue weighted by atomic mass is 16.5. The van der Waals surface area contributed by atoms with Gasteiger partial charge < -0.3 is 4.74 Å². The summed E-state index contributed by atoms with van der Waals surface area (Å²) in [6.07, 6.45) is 0.352. The lowest BCUT2D eigenvalue weighted by molar-refractivity contribution is -0.141. The molecule has 1 aliphatic rings. The van der Waals surface area contributed by atoms with E-state index in [1.165, 1.54) is 7.05 Å². The number of methoxy groups -OCH3 is 1. The highest BCUT2D eigenvalue weighted by Crippen LogP contribution is 2.10. The number of urea groups is 1. The zero-order chi connectivity index (χ0) is 11.4. The first-order chi connectivity index (χ1) is 7.07. The normalized spacial score (nSPS) is 17.6. The lowest BCUT2D eigenvalue weighted by Crippen LogP contribution is -2.53. The Bertz CT molecular complexity index is 290. The molecule has 1 fully saturated rings. The van der Waals surface area contributed by atoms with Crippen molar-refractivity contribution in [3.05, 3.63) is 0 Å². The van der Waals surface area contributed by atoms with E-state index < -0.39 is 17.8 Å². The SMILES string of the molecule is COCCCN1C(=O)CC(=O)N(C)C1=O. The highest BCUT2D eigenvalue weighted by Gasteiger charge is 2.34. The number of barbiturate groups is 1. The Morgan fingerprint density at radius 1 is 1.27 bits per heavy atom. The molecule has 0 unspecified atom stereocenters. The largest absolute Gasteiger partial charge is 0.385 e. The van der Waals surface area contributed by atoms with Crippen molar-refractivity contribution in [3.63, 3.8) is 0 Å². The topological polar surface area (TPSA) is 66.9 Å². The van der Waals surface area contributed by atoms with Crippen molar-refractivity contribution in [3.8, 4) is 0 Å². The number of rotatable bonds is 4. The van der Waals surface area contributed by atoms with E-state index in [-0.39, 0.29) is 6.42 Å². The van der Waals surface area contributed by atoms with Crippen LogP contribution in [0.1, 0.15) is 12.8 Å². The second-order valence-electron chi connectivity index (χ2n) is 3.30. The van der Waals surface area contributed by atoms with Crippen LogP contribution in [0, 0.1) is 0 Å². The Hall–Kier alpha value is -1.43. The molecule has 15 heavy (non-hydrogen) atoms. The number of imide groups is 2. The fraction of sp³-hybridized carbons (Fsp3) is 0.667. The van der Waals surface area contributed by atoms with E-state index in [9.17, 15) is 14.4 Å². The molecule has 0 aromatic carbocycles. The maximum atomic E-state index is 11.5. The third kappa shape index (κ3) is 2.53. The van der Waals surface area contributed by atoms with Gasteiger partial charge in [0, 0.05) is 27.3 Å². The van der Waals surface area contributed by atoms with Gasteiger partial charge in [-0.15, -0.1) is 0 Å². The zero-order valence-corrected chi connectivity index (χ0v) is 8.86. The van der Waals surface area contributed by atoms with Crippen molar-refractivity contribution in [1.82, 2.24) is 9.80 Å². The molecule has 0 radical (unpaired) electrons. The second kappa shape index (κ2) is 4.88. The van der Waals surface area contributed by atoms with Crippen molar-refractivity contribution in [2.24, 2.45) is 0 Å². The molecule has 1 aliphatic heterocycles. The Balaban J connectivity index is 2.58. The maximum absolute atomic E-state index is 11.5. The zero-order valence-electron chi connectivity index (χ0n) is 8.86. The monoisotopic (exact) mass is 214 g/mol. The molecule has 6 heteroatoms. The van der Waals surface area contributed by atoms with E-state index in [0.717, 1.165) is 9.80 Å². The molecular weight excluding hydrogens is 200 g/mol. The van der Waals surface area contributed by atoms with Gasteiger partial charge in [0.25, 0.3) is 0 Å². The number of amides is 4. The van der Waals surface area contributed by atoms with E-state index in [1.54, 1.807) is 7.11 Å². The highest BCUT2D eigenvalue weighted by molar-refractivity contribution is 6.13. The quantitative estimate of drug-likeness (QED) is 0.481.